The lowest BCUT2D eigenvalue weighted by atomic mass is 10.1. The first-order valence-electron chi connectivity index (χ1n) is 5.12. The third kappa shape index (κ3) is 2.71. The van der Waals surface area contributed by atoms with Crippen LogP contribution >= 0.6 is 15.9 Å². The van der Waals surface area contributed by atoms with Crippen LogP contribution in [0.5, 0.6) is 0 Å². The summed E-state index contributed by atoms with van der Waals surface area (Å²) < 4.78 is 6.28. The Morgan fingerprint density at radius 1 is 1.44 bits per heavy atom. The summed E-state index contributed by atoms with van der Waals surface area (Å²) in [5.74, 6) is 0.846. The Morgan fingerprint density at radius 3 is 2.94 bits per heavy atom. The zero-order valence-corrected chi connectivity index (χ0v) is 10.6. The van der Waals surface area contributed by atoms with Crippen molar-refractivity contribution < 1.29 is 4.42 Å². The van der Waals surface area contributed by atoms with Crippen LogP contribution in [0.25, 0.3) is 0 Å². The van der Waals surface area contributed by atoms with Crippen molar-refractivity contribution in [2.24, 2.45) is 0 Å². The van der Waals surface area contributed by atoms with Gasteiger partial charge in [0.15, 0.2) is 6.39 Å². The quantitative estimate of drug-likeness (QED) is 0.934. The molecule has 0 saturated carbocycles. The lowest BCUT2D eigenvalue weighted by Gasteiger charge is -2.14. The lowest BCUT2D eigenvalue weighted by molar-refractivity contribution is 0.457. The fraction of sp³-hybridized carbons (Fsp3) is 0.250. The second kappa shape index (κ2) is 5.27. The highest BCUT2D eigenvalue weighted by Gasteiger charge is 2.08. The van der Waals surface area contributed by atoms with Crippen LogP contribution in [0.1, 0.15) is 24.3 Å². The zero-order chi connectivity index (χ0) is 11.4. The van der Waals surface area contributed by atoms with Crippen LogP contribution in [0, 0.1) is 0 Å². The number of benzene rings is 1. The molecule has 1 N–H and O–H groups in total. The lowest BCUT2D eigenvalue weighted by Crippen LogP contribution is -2.18. The number of nitrogens with zero attached hydrogens (tertiary/aromatic N) is 1. The summed E-state index contributed by atoms with van der Waals surface area (Å²) >= 11 is 3.54. The summed E-state index contributed by atoms with van der Waals surface area (Å²) in [5, 5.41) is 3.38. The Labute approximate surface area is 103 Å². The van der Waals surface area contributed by atoms with Crippen molar-refractivity contribution >= 4 is 15.9 Å². The van der Waals surface area contributed by atoms with E-state index in [-0.39, 0.29) is 6.04 Å². The van der Waals surface area contributed by atoms with Crippen molar-refractivity contribution in [1.29, 1.82) is 0 Å². The highest BCUT2D eigenvalue weighted by atomic mass is 79.9. The van der Waals surface area contributed by atoms with Gasteiger partial charge >= 0.3 is 0 Å². The normalized spacial score (nSPS) is 12.6. The predicted molar refractivity (Wildman–Crippen MR) is 65.9 cm³/mol. The van der Waals surface area contributed by atoms with E-state index in [4.69, 9.17) is 4.42 Å². The minimum Gasteiger partial charge on any atom is -0.447 e. The first kappa shape index (κ1) is 11.4. The van der Waals surface area contributed by atoms with E-state index in [0.29, 0.717) is 6.54 Å². The number of hydrogen-bond acceptors (Lipinski definition) is 3. The molecule has 2 aromatic rings. The number of aromatic nitrogens is 1. The second-order valence-electron chi connectivity index (χ2n) is 3.59. The molecule has 0 saturated heterocycles. The van der Waals surface area contributed by atoms with E-state index >= 15 is 0 Å². The molecule has 0 aliphatic rings. The third-order valence-corrected chi connectivity index (χ3v) is 3.16. The summed E-state index contributed by atoms with van der Waals surface area (Å²) in [6.07, 6.45) is 3.17. The summed E-state index contributed by atoms with van der Waals surface area (Å²) in [6, 6.07) is 8.45. The highest BCUT2D eigenvalue weighted by Crippen LogP contribution is 2.22. The van der Waals surface area contributed by atoms with Gasteiger partial charge in [-0.25, -0.2) is 4.98 Å². The van der Waals surface area contributed by atoms with Crippen LogP contribution in [0.4, 0.5) is 0 Å². The van der Waals surface area contributed by atoms with Crippen LogP contribution in [0.2, 0.25) is 0 Å². The standard InChI is InChI=1S/C12H13BrN2O/c1-9(11-4-2-3-5-12(11)13)15-7-10-6-14-8-16-10/h2-6,8-9,15H,7H2,1H3. The maximum Gasteiger partial charge on any atom is 0.180 e. The van der Waals surface area contributed by atoms with E-state index in [9.17, 15) is 0 Å². The molecular formula is C12H13BrN2O. The van der Waals surface area contributed by atoms with Crippen molar-refractivity contribution in [3.63, 3.8) is 0 Å². The third-order valence-electron chi connectivity index (χ3n) is 2.44. The van der Waals surface area contributed by atoms with Crippen LogP contribution in [0.15, 0.2) is 45.7 Å². The van der Waals surface area contributed by atoms with Gasteiger partial charge in [-0.15, -0.1) is 0 Å². The van der Waals surface area contributed by atoms with E-state index in [2.05, 4.69) is 39.2 Å². The molecule has 1 atom stereocenters. The molecule has 0 amide bonds. The largest absolute Gasteiger partial charge is 0.447 e. The summed E-state index contributed by atoms with van der Waals surface area (Å²) in [5.41, 5.74) is 1.24. The van der Waals surface area contributed by atoms with E-state index in [1.54, 1.807) is 6.20 Å². The Balaban J connectivity index is 1.98. The fourth-order valence-corrected chi connectivity index (χ4v) is 2.15. The molecule has 0 radical (unpaired) electrons. The molecule has 0 bridgehead atoms. The molecule has 0 fully saturated rings. The Kier molecular flexibility index (Phi) is 3.74. The van der Waals surface area contributed by atoms with Gasteiger partial charge in [0.05, 0.1) is 12.7 Å². The van der Waals surface area contributed by atoms with Crippen molar-refractivity contribution in [1.82, 2.24) is 10.3 Å². The fourth-order valence-electron chi connectivity index (χ4n) is 1.52. The van der Waals surface area contributed by atoms with E-state index in [0.717, 1.165) is 10.2 Å². The Hall–Kier alpha value is -1.13. The van der Waals surface area contributed by atoms with E-state index < -0.39 is 0 Å². The molecule has 1 unspecified atom stereocenters. The van der Waals surface area contributed by atoms with Gasteiger partial charge in [-0.05, 0) is 18.6 Å². The highest BCUT2D eigenvalue weighted by molar-refractivity contribution is 9.10. The minimum atomic E-state index is 0.265. The van der Waals surface area contributed by atoms with Crippen LogP contribution in [-0.4, -0.2) is 4.98 Å². The second-order valence-corrected chi connectivity index (χ2v) is 4.45. The van der Waals surface area contributed by atoms with Gasteiger partial charge in [-0.1, -0.05) is 34.1 Å². The molecule has 16 heavy (non-hydrogen) atoms. The maximum absolute atomic E-state index is 5.16. The number of halogens is 1. The van der Waals surface area contributed by atoms with Gasteiger partial charge in [0.25, 0.3) is 0 Å². The summed E-state index contributed by atoms with van der Waals surface area (Å²) in [7, 11) is 0. The number of hydrogen-bond donors (Lipinski definition) is 1. The summed E-state index contributed by atoms with van der Waals surface area (Å²) in [6.45, 7) is 2.80. The van der Waals surface area contributed by atoms with Crippen LogP contribution in [-0.2, 0) is 6.54 Å². The van der Waals surface area contributed by atoms with Crippen molar-refractivity contribution in [2.75, 3.05) is 0 Å². The summed E-state index contributed by atoms with van der Waals surface area (Å²) in [4.78, 5) is 3.87. The monoisotopic (exact) mass is 280 g/mol. The molecular weight excluding hydrogens is 268 g/mol. The minimum absolute atomic E-state index is 0.265. The molecule has 84 valence electrons. The molecule has 0 spiro atoms. The number of rotatable bonds is 4. The SMILES string of the molecule is CC(NCc1cnco1)c1ccccc1Br. The molecule has 3 nitrogen and oxygen atoms in total. The molecule has 0 aliphatic carbocycles. The average molecular weight is 281 g/mol. The van der Waals surface area contributed by atoms with E-state index in [1.165, 1.54) is 12.0 Å². The van der Waals surface area contributed by atoms with Gasteiger partial charge in [0.2, 0.25) is 0 Å². The van der Waals surface area contributed by atoms with E-state index in [1.807, 2.05) is 18.2 Å². The number of oxazole rings is 1. The molecule has 1 aromatic heterocycles. The number of nitrogens with one attached hydrogen (secondary N) is 1. The topological polar surface area (TPSA) is 38.1 Å². The van der Waals surface area contributed by atoms with Crippen molar-refractivity contribution in [3.05, 3.63) is 52.7 Å². The molecule has 1 heterocycles. The van der Waals surface area contributed by atoms with Crippen molar-refractivity contribution in [3.8, 4) is 0 Å². The van der Waals surface area contributed by atoms with Gasteiger partial charge in [-0.2, -0.15) is 0 Å². The van der Waals surface area contributed by atoms with Crippen molar-refractivity contribution in [2.45, 2.75) is 19.5 Å². The maximum atomic E-state index is 5.16. The zero-order valence-electron chi connectivity index (χ0n) is 8.98. The van der Waals surface area contributed by atoms with Gasteiger partial charge in [0, 0.05) is 10.5 Å². The average Bonchev–Trinajstić information content (AvgIpc) is 2.79. The molecule has 1 aromatic carbocycles. The van der Waals surface area contributed by atoms with Gasteiger partial charge in [-0.3, -0.25) is 0 Å². The van der Waals surface area contributed by atoms with Crippen LogP contribution < -0.4 is 5.32 Å². The molecule has 4 heteroatoms. The first-order chi connectivity index (χ1) is 7.77. The Morgan fingerprint density at radius 2 is 2.25 bits per heavy atom. The van der Waals surface area contributed by atoms with Gasteiger partial charge in [0.1, 0.15) is 5.76 Å². The molecule has 2 rings (SSSR count). The van der Waals surface area contributed by atoms with Crippen LogP contribution in [0.3, 0.4) is 0 Å². The first-order valence-corrected chi connectivity index (χ1v) is 5.92. The predicted octanol–water partition coefficient (Wildman–Crippen LogP) is 3.29. The Bertz CT molecular complexity index is 442. The van der Waals surface area contributed by atoms with Gasteiger partial charge < -0.3 is 9.73 Å². The smallest absolute Gasteiger partial charge is 0.180 e. The molecule has 0 aliphatic heterocycles.